The van der Waals surface area contributed by atoms with Crippen LogP contribution in [0.4, 0.5) is 0 Å². The minimum absolute atomic E-state index is 0.0408. The van der Waals surface area contributed by atoms with Gasteiger partial charge in [0.05, 0.1) is 13.0 Å². The molecule has 140 valence electrons. The summed E-state index contributed by atoms with van der Waals surface area (Å²) < 4.78 is 8.76. The fourth-order valence-electron chi connectivity index (χ4n) is 2.96. The lowest BCUT2D eigenvalue weighted by atomic mass is 10.2. The lowest BCUT2D eigenvalue weighted by Crippen LogP contribution is -2.29. The summed E-state index contributed by atoms with van der Waals surface area (Å²) in [5, 5.41) is 7.82. The number of nitrogens with one attached hydrogen (secondary N) is 1. The number of ether oxygens (including phenoxy) is 1. The Balaban J connectivity index is 1.34. The monoisotopic (exact) mass is 378 g/mol. The van der Waals surface area contributed by atoms with E-state index in [9.17, 15) is 9.59 Å². The Morgan fingerprint density at radius 1 is 1.35 bits per heavy atom. The molecule has 3 rings (SSSR count). The molecule has 0 atom stereocenters. The molecule has 0 unspecified atom stereocenters. The van der Waals surface area contributed by atoms with Crippen LogP contribution in [0.25, 0.3) is 0 Å². The van der Waals surface area contributed by atoms with Crippen molar-refractivity contribution in [3.05, 3.63) is 45.6 Å². The number of fused-ring (bicyclic) bond motifs is 1. The first-order valence-corrected chi connectivity index (χ1v) is 9.33. The predicted molar refractivity (Wildman–Crippen MR) is 98.6 cm³/mol. The van der Waals surface area contributed by atoms with Gasteiger partial charge in [-0.25, -0.2) is 9.48 Å². The van der Waals surface area contributed by atoms with Crippen LogP contribution in [0.3, 0.4) is 0 Å². The van der Waals surface area contributed by atoms with Crippen LogP contribution in [-0.4, -0.2) is 33.4 Å². The van der Waals surface area contributed by atoms with E-state index in [0.717, 1.165) is 31.6 Å². The molecule has 0 saturated heterocycles. The van der Waals surface area contributed by atoms with E-state index in [4.69, 9.17) is 16.3 Å². The quantitative estimate of drug-likeness (QED) is 0.713. The number of benzene rings is 1. The van der Waals surface area contributed by atoms with Crippen molar-refractivity contribution >= 4 is 17.5 Å². The van der Waals surface area contributed by atoms with Crippen LogP contribution in [0.1, 0.15) is 31.5 Å². The number of carbonyl (C=O) groups excluding carboxylic acids is 1. The van der Waals surface area contributed by atoms with Gasteiger partial charge in [-0.3, -0.25) is 9.36 Å². The Morgan fingerprint density at radius 3 is 3.04 bits per heavy atom. The average molecular weight is 379 g/mol. The second-order valence-electron chi connectivity index (χ2n) is 6.29. The maximum atomic E-state index is 12.2. The summed E-state index contributed by atoms with van der Waals surface area (Å²) in [4.78, 5) is 24.0. The smallest absolute Gasteiger partial charge is 0.345 e. The van der Waals surface area contributed by atoms with Crippen LogP contribution in [-0.2, 0) is 24.3 Å². The Hall–Kier alpha value is -2.28. The molecular weight excluding hydrogens is 356 g/mol. The van der Waals surface area contributed by atoms with Crippen LogP contribution >= 0.6 is 11.6 Å². The maximum absolute atomic E-state index is 12.2. The topological polar surface area (TPSA) is 78.2 Å². The molecule has 1 aromatic heterocycles. The summed E-state index contributed by atoms with van der Waals surface area (Å²) in [6, 6.07) is 7.07. The van der Waals surface area contributed by atoms with Gasteiger partial charge in [0, 0.05) is 31.1 Å². The zero-order valence-electron chi connectivity index (χ0n) is 14.6. The van der Waals surface area contributed by atoms with Crippen LogP contribution in [0, 0.1) is 0 Å². The molecule has 2 aromatic rings. The molecule has 1 aliphatic heterocycles. The van der Waals surface area contributed by atoms with Gasteiger partial charge < -0.3 is 10.1 Å². The van der Waals surface area contributed by atoms with E-state index in [-0.39, 0.29) is 18.0 Å². The number of nitrogens with zero attached hydrogens (tertiary/aromatic N) is 3. The maximum Gasteiger partial charge on any atom is 0.345 e. The van der Waals surface area contributed by atoms with E-state index in [2.05, 4.69) is 10.4 Å². The largest absolute Gasteiger partial charge is 0.493 e. The molecule has 0 aliphatic carbocycles. The van der Waals surface area contributed by atoms with E-state index in [0.29, 0.717) is 36.9 Å². The lowest BCUT2D eigenvalue weighted by molar-refractivity contribution is -0.121. The van der Waals surface area contributed by atoms with Crippen molar-refractivity contribution in [3.8, 4) is 5.75 Å². The molecule has 26 heavy (non-hydrogen) atoms. The highest BCUT2D eigenvalue weighted by Crippen LogP contribution is 2.17. The molecule has 1 amide bonds. The highest BCUT2D eigenvalue weighted by atomic mass is 35.5. The van der Waals surface area contributed by atoms with E-state index in [1.54, 1.807) is 28.8 Å². The number of carbonyl (C=O) groups is 1. The number of halogens is 1. The van der Waals surface area contributed by atoms with Crippen molar-refractivity contribution in [1.82, 2.24) is 19.7 Å². The highest BCUT2D eigenvalue weighted by molar-refractivity contribution is 6.30. The van der Waals surface area contributed by atoms with Gasteiger partial charge in [0.15, 0.2) is 0 Å². The van der Waals surface area contributed by atoms with E-state index in [1.165, 1.54) is 4.68 Å². The normalized spacial score (nSPS) is 13.3. The Labute approximate surface area is 156 Å². The van der Waals surface area contributed by atoms with Gasteiger partial charge in [0.2, 0.25) is 5.91 Å². The van der Waals surface area contributed by atoms with Gasteiger partial charge in [-0.2, -0.15) is 5.10 Å². The van der Waals surface area contributed by atoms with Crippen LogP contribution in [0.5, 0.6) is 5.75 Å². The number of hydrogen-bond acceptors (Lipinski definition) is 4. The second kappa shape index (κ2) is 8.89. The first-order chi connectivity index (χ1) is 12.6. The fraction of sp³-hybridized carbons (Fsp3) is 0.500. The third-order valence-electron chi connectivity index (χ3n) is 4.29. The summed E-state index contributed by atoms with van der Waals surface area (Å²) in [5.74, 6) is 1.44. The number of aromatic nitrogens is 3. The van der Waals surface area contributed by atoms with Crippen molar-refractivity contribution in [3.63, 3.8) is 0 Å². The SMILES string of the molecule is O=C(CCOc1cccc(Cl)c1)NCCCn1nc2n(c1=O)CCCC2. The minimum atomic E-state index is -0.0801. The summed E-state index contributed by atoms with van der Waals surface area (Å²) in [7, 11) is 0. The van der Waals surface area contributed by atoms with Gasteiger partial charge in [-0.05, 0) is 37.5 Å². The third kappa shape index (κ3) is 4.88. The second-order valence-corrected chi connectivity index (χ2v) is 6.73. The molecule has 1 N–H and O–H groups in total. The Morgan fingerprint density at radius 2 is 2.23 bits per heavy atom. The Kier molecular flexibility index (Phi) is 6.33. The summed E-state index contributed by atoms with van der Waals surface area (Å²) in [6.45, 7) is 2.07. The number of aryl methyl sites for hydroxylation is 2. The van der Waals surface area contributed by atoms with Crippen LogP contribution < -0.4 is 15.7 Å². The summed E-state index contributed by atoms with van der Waals surface area (Å²) in [5.41, 5.74) is -0.0408. The fourth-order valence-corrected chi connectivity index (χ4v) is 3.14. The van der Waals surface area contributed by atoms with Crippen molar-refractivity contribution in [2.24, 2.45) is 0 Å². The predicted octanol–water partition coefficient (Wildman–Crippen LogP) is 2.01. The van der Waals surface area contributed by atoms with E-state index >= 15 is 0 Å². The molecule has 0 spiro atoms. The van der Waals surface area contributed by atoms with Crippen molar-refractivity contribution < 1.29 is 9.53 Å². The molecule has 0 saturated carbocycles. The number of hydrogen-bond donors (Lipinski definition) is 1. The lowest BCUT2D eigenvalue weighted by Gasteiger charge is -2.09. The van der Waals surface area contributed by atoms with Crippen molar-refractivity contribution in [1.29, 1.82) is 0 Å². The first kappa shape index (κ1) is 18.5. The van der Waals surface area contributed by atoms with Crippen molar-refractivity contribution in [2.45, 2.75) is 45.2 Å². The van der Waals surface area contributed by atoms with Gasteiger partial charge in [-0.1, -0.05) is 17.7 Å². The van der Waals surface area contributed by atoms with Gasteiger partial charge in [-0.15, -0.1) is 0 Å². The van der Waals surface area contributed by atoms with Gasteiger partial charge in [0.25, 0.3) is 0 Å². The third-order valence-corrected chi connectivity index (χ3v) is 4.53. The van der Waals surface area contributed by atoms with E-state index in [1.807, 2.05) is 0 Å². The molecule has 2 heterocycles. The minimum Gasteiger partial charge on any atom is -0.493 e. The zero-order valence-corrected chi connectivity index (χ0v) is 15.4. The number of amides is 1. The van der Waals surface area contributed by atoms with Crippen LogP contribution in [0.15, 0.2) is 29.1 Å². The summed E-state index contributed by atoms with van der Waals surface area (Å²) >= 11 is 5.88. The molecule has 1 aromatic carbocycles. The molecule has 1 aliphatic rings. The standard InChI is InChI=1S/C18H23ClN4O3/c19-14-5-3-6-15(13-14)26-12-8-17(24)20-9-4-11-23-18(25)22-10-2-1-7-16(22)21-23/h3,5-6,13H,1-2,4,7-12H2,(H,20,24). The molecule has 8 heteroatoms. The molecule has 0 fully saturated rings. The van der Waals surface area contributed by atoms with Crippen LogP contribution in [0.2, 0.25) is 5.02 Å². The zero-order chi connectivity index (χ0) is 18.4. The average Bonchev–Trinajstić information content (AvgIpc) is 2.95. The number of rotatable bonds is 8. The molecule has 7 nitrogen and oxygen atoms in total. The molecular formula is C18H23ClN4O3. The summed E-state index contributed by atoms with van der Waals surface area (Å²) in [6.07, 6.45) is 3.92. The van der Waals surface area contributed by atoms with E-state index < -0.39 is 0 Å². The van der Waals surface area contributed by atoms with Gasteiger partial charge in [0.1, 0.15) is 11.6 Å². The Bertz CT molecular complexity index is 815. The molecule has 0 radical (unpaired) electrons. The van der Waals surface area contributed by atoms with Gasteiger partial charge >= 0.3 is 5.69 Å². The van der Waals surface area contributed by atoms with Crippen molar-refractivity contribution in [2.75, 3.05) is 13.2 Å². The highest BCUT2D eigenvalue weighted by Gasteiger charge is 2.16. The molecule has 0 bridgehead atoms. The first-order valence-electron chi connectivity index (χ1n) is 8.95.